The summed E-state index contributed by atoms with van der Waals surface area (Å²) in [7, 11) is 3.40. The van der Waals surface area contributed by atoms with Gasteiger partial charge >= 0.3 is 0 Å². The first-order chi connectivity index (χ1) is 13.2. The van der Waals surface area contributed by atoms with E-state index in [-0.39, 0.29) is 0 Å². The Hall–Kier alpha value is -2.08. The third-order valence-electron chi connectivity index (χ3n) is 5.78. The summed E-state index contributed by atoms with van der Waals surface area (Å²) in [6, 6.07) is 6.08. The van der Waals surface area contributed by atoms with E-state index in [2.05, 4.69) is 21.1 Å². The zero-order valence-electron chi connectivity index (χ0n) is 16.3. The largest absolute Gasteiger partial charge is 0.497 e. The second-order valence-corrected chi connectivity index (χ2v) is 7.76. The topological polar surface area (TPSA) is 60.6 Å². The number of rotatable bonds is 8. The summed E-state index contributed by atoms with van der Waals surface area (Å²) in [5.74, 6) is 4.78. The lowest BCUT2D eigenvalue weighted by molar-refractivity contribution is 0.170. The van der Waals surface area contributed by atoms with E-state index in [1.807, 2.05) is 12.1 Å². The van der Waals surface area contributed by atoms with Gasteiger partial charge < -0.3 is 14.0 Å². The summed E-state index contributed by atoms with van der Waals surface area (Å²) in [6.45, 7) is 3.17. The van der Waals surface area contributed by atoms with Gasteiger partial charge in [0.15, 0.2) is 5.82 Å². The number of piperidine rings is 1. The molecule has 2 fully saturated rings. The Morgan fingerprint density at radius 3 is 2.63 bits per heavy atom. The Kier molecular flexibility index (Phi) is 5.62. The number of hydrogen-bond donors (Lipinski definition) is 0. The predicted molar refractivity (Wildman–Crippen MR) is 102 cm³/mol. The fourth-order valence-corrected chi connectivity index (χ4v) is 3.85. The summed E-state index contributed by atoms with van der Waals surface area (Å²) < 4.78 is 16.2. The Bertz CT molecular complexity index is 749. The molecule has 0 spiro atoms. The molecule has 27 heavy (non-hydrogen) atoms. The second-order valence-electron chi connectivity index (χ2n) is 7.76. The Morgan fingerprint density at radius 2 is 1.93 bits per heavy atom. The molecule has 6 nitrogen and oxygen atoms in total. The van der Waals surface area contributed by atoms with Crippen molar-refractivity contribution in [3.63, 3.8) is 0 Å². The van der Waals surface area contributed by atoms with Gasteiger partial charge in [0.2, 0.25) is 5.89 Å². The first-order valence-electron chi connectivity index (χ1n) is 10.0. The zero-order valence-corrected chi connectivity index (χ0v) is 16.3. The van der Waals surface area contributed by atoms with Gasteiger partial charge in [0, 0.05) is 30.5 Å². The highest BCUT2D eigenvalue weighted by Crippen LogP contribution is 2.39. The Morgan fingerprint density at radius 1 is 1.11 bits per heavy atom. The number of ether oxygens (including phenoxy) is 2. The molecule has 1 aliphatic heterocycles. The molecule has 1 aromatic heterocycles. The van der Waals surface area contributed by atoms with Crippen molar-refractivity contribution < 1.29 is 14.0 Å². The first kappa shape index (κ1) is 18.3. The highest BCUT2D eigenvalue weighted by atomic mass is 16.5. The normalized spacial score (nSPS) is 18.6. The van der Waals surface area contributed by atoms with Crippen molar-refractivity contribution in [3.8, 4) is 11.5 Å². The molecule has 1 aliphatic carbocycles. The molecule has 0 bridgehead atoms. The molecule has 1 aromatic carbocycles. The van der Waals surface area contributed by atoms with Crippen molar-refractivity contribution in [1.29, 1.82) is 0 Å². The predicted octanol–water partition coefficient (Wildman–Crippen LogP) is 3.81. The molecule has 1 saturated carbocycles. The van der Waals surface area contributed by atoms with Gasteiger partial charge in [-0.3, -0.25) is 4.90 Å². The van der Waals surface area contributed by atoms with E-state index >= 15 is 0 Å². The molecule has 0 N–H and O–H groups in total. The van der Waals surface area contributed by atoms with Crippen LogP contribution in [0.1, 0.15) is 55.3 Å². The molecule has 1 saturated heterocycles. The van der Waals surface area contributed by atoms with Crippen LogP contribution in [0.25, 0.3) is 0 Å². The number of benzene rings is 1. The highest BCUT2D eigenvalue weighted by molar-refractivity contribution is 5.40. The van der Waals surface area contributed by atoms with Gasteiger partial charge in [-0.1, -0.05) is 11.2 Å². The van der Waals surface area contributed by atoms with E-state index in [1.54, 1.807) is 14.2 Å². The van der Waals surface area contributed by atoms with Crippen LogP contribution in [-0.4, -0.2) is 42.3 Å². The molecule has 0 unspecified atom stereocenters. The van der Waals surface area contributed by atoms with E-state index in [4.69, 9.17) is 14.0 Å². The standard InChI is InChI=1S/C21H29N3O3/c1-25-18-7-6-17(19(13-18)26-2)14-24-11-9-15(10-12-24)3-8-20-22-21(27-23-20)16-4-5-16/h6-7,13,15-16H,3-5,8-12,14H2,1-2H3. The van der Waals surface area contributed by atoms with Crippen LogP contribution in [0.5, 0.6) is 11.5 Å². The first-order valence-corrected chi connectivity index (χ1v) is 10.0. The van der Waals surface area contributed by atoms with E-state index in [9.17, 15) is 0 Å². The van der Waals surface area contributed by atoms with Crippen LogP contribution in [0.4, 0.5) is 0 Å². The smallest absolute Gasteiger partial charge is 0.229 e. The van der Waals surface area contributed by atoms with Crippen LogP contribution in [0.3, 0.4) is 0 Å². The maximum Gasteiger partial charge on any atom is 0.229 e. The molecule has 2 aliphatic rings. The molecule has 2 aromatic rings. The van der Waals surface area contributed by atoms with Crippen molar-refractivity contribution in [1.82, 2.24) is 15.0 Å². The van der Waals surface area contributed by atoms with Gasteiger partial charge in [0.05, 0.1) is 14.2 Å². The van der Waals surface area contributed by atoms with Gasteiger partial charge in [0.25, 0.3) is 0 Å². The Balaban J connectivity index is 1.24. The minimum atomic E-state index is 0.546. The lowest BCUT2D eigenvalue weighted by Crippen LogP contribution is -2.33. The molecule has 146 valence electrons. The summed E-state index contributed by atoms with van der Waals surface area (Å²) in [5.41, 5.74) is 1.22. The fraction of sp³-hybridized carbons (Fsp3) is 0.619. The van der Waals surface area contributed by atoms with Crippen LogP contribution in [0.15, 0.2) is 22.7 Å². The zero-order chi connectivity index (χ0) is 18.6. The van der Waals surface area contributed by atoms with Crippen molar-refractivity contribution in [2.45, 2.75) is 51.0 Å². The van der Waals surface area contributed by atoms with Crippen molar-refractivity contribution in [2.24, 2.45) is 5.92 Å². The Labute approximate surface area is 160 Å². The van der Waals surface area contributed by atoms with Gasteiger partial charge in [0.1, 0.15) is 11.5 Å². The molecular weight excluding hydrogens is 342 g/mol. The fourth-order valence-electron chi connectivity index (χ4n) is 3.85. The van der Waals surface area contributed by atoms with Crippen molar-refractivity contribution in [2.75, 3.05) is 27.3 Å². The van der Waals surface area contributed by atoms with Crippen LogP contribution >= 0.6 is 0 Å². The highest BCUT2D eigenvalue weighted by Gasteiger charge is 2.29. The monoisotopic (exact) mass is 371 g/mol. The summed E-state index contributed by atoms with van der Waals surface area (Å²) in [4.78, 5) is 7.06. The number of nitrogens with zero attached hydrogens (tertiary/aromatic N) is 3. The molecule has 4 rings (SSSR count). The maximum absolute atomic E-state index is 5.53. The number of aryl methyl sites for hydroxylation is 1. The van der Waals surface area contributed by atoms with E-state index in [1.165, 1.54) is 31.2 Å². The number of hydrogen-bond acceptors (Lipinski definition) is 6. The molecule has 0 amide bonds. The number of methoxy groups -OCH3 is 2. The maximum atomic E-state index is 5.53. The SMILES string of the molecule is COc1ccc(CN2CCC(CCc3noc(C4CC4)n3)CC2)c(OC)c1. The third-order valence-corrected chi connectivity index (χ3v) is 5.78. The van der Waals surface area contributed by atoms with E-state index in [0.717, 1.165) is 61.6 Å². The molecule has 2 heterocycles. The molecular formula is C21H29N3O3. The lowest BCUT2D eigenvalue weighted by Gasteiger charge is -2.32. The van der Waals surface area contributed by atoms with Crippen molar-refractivity contribution in [3.05, 3.63) is 35.5 Å². The van der Waals surface area contributed by atoms with E-state index in [0.29, 0.717) is 5.92 Å². The third kappa shape index (κ3) is 4.61. The van der Waals surface area contributed by atoms with Crippen LogP contribution in [-0.2, 0) is 13.0 Å². The number of likely N-dealkylation sites (tertiary alicyclic amines) is 1. The van der Waals surface area contributed by atoms with Crippen molar-refractivity contribution >= 4 is 0 Å². The minimum absolute atomic E-state index is 0.546. The van der Waals surface area contributed by atoms with Crippen LogP contribution in [0.2, 0.25) is 0 Å². The second kappa shape index (κ2) is 8.30. The quantitative estimate of drug-likeness (QED) is 0.703. The lowest BCUT2D eigenvalue weighted by atomic mass is 9.92. The minimum Gasteiger partial charge on any atom is -0.497 e. The molecule has 0 atom stereocenters. The molecule has 0 radical (unpaired) electrons. The summed E-state index contributed by atoms with van der Waals surface area (Å²) >= 11 is 0. The van der Waals surface area contributed by atoms with Gasteiger partial charge in [-0.25, -0.2) is 0 Å². The average molecular weight is 371 g/mol. The summed E-state index contributed by atoms with van der Waals surface area (Å²) in [5, 5.41) is 4.15. The van der Waals surface area contributed by atoms with Crippen LogP contribution in [0, 0.1) is 5.92 Å². The van der Waals surface area contributed by atoms with E-state index < -0.39 is 0 Å². The number of aromatic nitrogens is 2. The molecule has 6 heteroatoms. The van der Waals surface area contributed by atoms with Crippen LogP contribution < -0.4 is 9.47 Å². The van der Waals surface area contributed by atoms with Gasteiger partial charge in [-0.15, -0.1) is 0 Å². The van der Waals surface area contributed by atoms with Gasteiger partial charge in [-0.05, 0) is 57.2 Å². The summed E-state index contributed by atoms with van der Waals surface area (Å²) in [6.07, 6.45) is 6.96. The van der Waals surface area contributed by atoms with Gasteiger partial charge in [-0.2, -0.15) is 4.98 Å². The average Bonchev–Trinajstić information content (AvgIpc) is 3.46.